The summed E-state index contributed by atoms with van der Waals surface area (Å²) >= 11 is -2.54. The molecule has 1 unspecified atom stereocenters. The molecule has 0 aliphatic carbocycles. The fourth-order valence-electron chi connectivity index (χ4n) is 0. The highest BCUT2D eigenvalue weighted by Crippen LogP contribution is 1.61. The van der Waals surface area contributed by atoms with Crippen LogP contribution in [0.2, 0.25) is 0 Å². The van der Waals surface area contributed by atoms with Crippen LogP contribution in [0.15, 0.2) is 0 Å². The molecule has 2 N–H and O–H groups in total. The molecule has 0 saturated heterocycles. The van der Waals surface area contributed by atoms with E-state index in [-0.39, 0.29) is 0 Å². The van der Waals surface area contributed by atoms with E-state index >= 15 is 0 Å². The number of hydrogen-bond acceptors (Lipinski definition) is 3. The zero-order valence-electron chi connectivity index (χ0n) is 2.21. The van der Waals surface area contributed by atoms with Crippen LogP contribution >= 0.6 is 0 Å². The zero-order chi connectivity index (χ0) is 4.28. The maximum atomic E-state index is 9.02. The van der Waals surface area contributed by atoms with E-state index in [0.29, 0.717) is 0 Å². The molecule has 4 nitrogen and oxygen atoms in total. The van der Waals surface area contributed by atoms with Gasteiger partial charge in [-0.2, -0.15) is 14.4 Å². The second kappa shape index (κ2) is 2.28. The molecule has 0 heterocycles. The third-order valence-corrected chi connectivity index (χ3v) is 0.236. The first kappa shape index (κ1) is 5.03. The van der Waals surface area contributed by atoms with Gasteiger partial charge >= 0.3 is 11.4 Å². The molecule has 0 aromatic heterocycles. The summed E-state index contributed by atoms with van der Waals surface area (Å²) in [5.41, 5.74) is 0. The predicted octanol–water partition coefficient (Wildman–Crippen LogP) is -1.11. The molecule has 0 spiro atoms. The minimum atomic E-state index is -2.54. The third-order valence-electron chi connectivity index (χ3n) is 0.0786. The van der Waals surface area contributed by atoms with Gasteiger partial charge < -0.3 is 0 Å². The van der Waals surface area contributed by atoms with Crippen LogP contribution in [0.1, 0.15) is 0 Å². The summed E-state index contributed by atoms with van der Waals surface area (Å²) in [6, 6.07) is 0. The van der Waals surface area contributed by atoms with Crippen molar-refractivity contribution in [1.29, 1.82) is 0 Å². The lowest BCUT2D eigenvalue weighted by Gasteiger charge is -1.72. The summed E-state index contributed by atoms with van der Waals surface area (Å²) in [5, 5.41) is 0. The summed E-state index contributed by atoms with van der Waals surface area (Å²) in [4.78, 5) is 0. The molecular weight excluding hydrogens is 94.1 g/mol. The van der Waals surface area contributed by atoms with Crippen molar-refractivity contribution < 1.29 is 13.0 Å². The van der Waals surface area contributed by atoms with E-state index in [2.05, 4.69) is 10.2 Å². The van der Waals surface area contributed by atoms with Gasteiger partial charge in [-0.1, -0.05) is 4.55 Å². The molecule has 0 bridgehead atoms. The highest BCUT2D eigenvalue weighted by atomic mass is 32.2. The van der Waals surface area contributed by atoms with Crippen LogP contribution in [0.25, 0.3) is 0 Å². The Morgan fingerprint density at radius 1 is 1.80 bits per heavy atom. The Bertz CT molecular complexity index is 42.2. The van der Waals surface area contributed by atoms with Crippen molar-refractivity contribution in [3.8, 4) is 0 Å². The molecule has 0 fully saturated rings. The fourth-order valence-corrected chi connectivity index (χ4v) is 0. The summed E-state index contributed by atoms with van der Waals surface area (Å²) in [7, 11) is 0. The van der Waals surface area contributed by atoms with E-state index in [9.17, 15) is 0 Å². The number of rotatable bonds is 1. The van der Waals surface area contributed by atoms with Gasteiger partial charge in [-0.25, -0.2) is 0 Å². The van der Waals surface area contributed by atoms with Crippen LogP contribution in [0, 0.1) is 0 Å². The molecule has 0 aliphatic rings. The van der Waals surface area contributed by atoms with Crippen molar-refractivity contribution in [2.45, 2.75) is 0 Å². The van der Waals surface area contributed by atoms with Crippen molar-refractivity contribution in [2.75, 3.05) is 0 Å². The van der Waals surface area contributed by atoms with E-state index in [4.69, 9.17) is 8.76 Å². The van der Waals surface area contributed by atoms with Gasteiger partial charge in [0.1, 0.15) is 0 Å². The third kappa shape index (κ3) is 4.03. The largest absolute Gasteiger partial charge is 0.352 e. The Morgan fingerprint density at radius 3 is 2.00 bits per heavy atom. The summed E-state index contributed by atoms with van der Waals surface area (Å²) in [5.74, 6) is 4.06. The van der Waals surface area contributed by atoms with E-state index in [0.717, 1.165) is 0 Å². The van der Waals surface area contributed by atoms with Crippen molar-refractivity contribution in [3.05, 3.63) is 0 Å². The Balaban J connectivity index is 2.85. The molecule has 0 saturated carbocycles. The zero-order valence-corrected chi connectivity index (χ0v) is 3.03. The molecule has 31 valence electrons. The number of hydrogen-bond donors (Lipinski definition) is 1. The second-order valence-corrected chi connectivity index (χ2v) is 0.901. The van der Waals surface area contributed by atoms with Crippen LogP contribution in [0.5, 0.6) is 0 Å². The molecular formula is H2NO3S. The minimum Gasteiger partial charge on any atom is -0.198 e. The van der Waals surface area contributed by atoms with Crippen LogP contribution < -0.4 is 5.90 Å². The van der Waals surface area contributed by atoms with Crippen LogP contribution in [0.4, 0.5) is 0 Å². The monoisotopic (exact) mass is 96.0 g/mol. The molecule has 0 aromatic rings. The van der Waals surface area contributed by atoms with E-state index in [1.165, 1.54) is 0 Å². The maximum absolute atomic E-state index is 9.02. The average molecular weight is 96.1 g/mol. The minimum absolute atomic E-state index is 2.54. The lowest BCUT2D eigenvalue weighted by atomic mass is 13.6. The maximum Gasteiger partial charge on any atom is 0.352 e. The first-order valence-electron chi connectivity index (χ1n) is 0.736. The van der Waals surface area contributed by atoms with Gasteiger partial charge in [0, 0.05) is 0 Å². The van der Waals surface area contributed by atoms with Gasteiger partial charge in [-0.05, 0) is 0 Å². The SMILES string of the molecule is NOS([O])=O. The summed E-state index contributed by atoms with van der Waals surface area (Å²) in [6.07, 6.45) is 0. The highest BCUT2D eigenvalue weighted by Gasteiger charge is 1.81. The quantitative estimate of drug-likeness (QED) is 0.420. The molecule has 0 rings (SSSR count). The van der Waals surface area contributed by atoms with Crippen LogP contribution in [-0.4, -0.2) is 4.21 Å². The van der Waals surface area contributed by atoms with Crippen molar-refractivity contribution in [3.63, 3.8) is 0 Å². The standard InChI is InChI=1S/H2NO3S/c1-4-5(2)3/h1H2. The molecule has 0 amide bonds. The van der Waals surface area contributed by atoms with Gasteiger partial charge in [0.25, 0.3) is 0 Å². The van der Waals surface area contributed by atoms with Crippen molar-refractivity contribution >= 4 is 11.4 Å². The fraction of sp³-hybridized carbons (Fsp3) is 0. The van der Waals surface area contributed by atoms with Gasteiger partial charge in [-0.15, -0.1) is 0 Å². The highest BCUT2D eigenvalue weighted by molar-refractivity contribution is 7.73. The Labute approximate surface area is 31.4 Å². The van der Waals surface area contributed by atoms with E-state index < -0.39 is 11.4 Å². The summed E-state index contributed by atoms with van der Waals surface area (Å²) < 4.78 is 21.2. The average Bonchev–Trinajstić information content (AvgIpc) is 1.38. The smallest absolute Gasteiger partial charge is 0.198 e. The molecule has 1 atom stereocenters. The Morgan fingerprint density at radius 2 is 2.00 bits per heavy atom. The lowest BCUT2D eigenvalue weighted by molar-refractivity contribution is 0.293. The number of nitrogens with two attached hydrogens (primary N) is 1. The Kier molecular flexibility index (Phi) is 2.29. The molecule has 0 aliphatic heterocycles. The molecule has 5 heteroatoms. The molecule has 5 heavy (non-hydrogen) atoms. The first-order chi connectivity index (χ1) is 2.27. The van der Waals surface area contributed by atoms with Crippen LogP contribution in [0.3, 0.4) is 0 Å². The van der Waals surface area contributed by atoms with Crippen molar-refractivity contribution in [1.82, 2.24) is 0 Å². The van der Waals surface area contributed by atoms with Crippen LogP contribution in [-0.2, 0) is 20.2 Å². The summed E-state index contributed by atoms with van der Waals surface area (Å²) in [6.45, 7) is 0. The molecule has 1 radical (unpaired) electrons. The second-order valence-electron chi connectivity index (χ2n) is 0.300. The van der Waals surface area contributed by atoms with E-state index in [1.807, 2.05) is 0 Å². The van der Waals surface area contributed by atoms with Gasteiger partial charge in [0.2, 0.25) is 0 Å². The Hall–Kier alpha value is 0.0300. The first-order valence-corrected chi connectivity index (χ1v) is 1.74. The van der Waals surface area contributed by atoms with Gasteiger partial charge in [0.05, 0.1) is 0 Å². The van der Waals surface area contributed by atoms with Gasteiger partial charge in [0.15, 0.2) is 0 Å². The predicted molar refractivity (Wildman–Crippen MR) is 14.1 cm³/mol. The lowest BCUT2D eigenvalue weighted by Crippen LogP contribution is -1.98. The topological polar surface area (TPSA) is 72.2 Å². The van der Waals surface area contributed by atoms with Gasteiger partial charge in [-0.3, -0.25) is 0 Å². The van der Waals surface area contributed by atoms with Crippen molar-refractivity contribution in [2.24, 2.45) is 5.90 Å². The normalized spacial score (nSPS) is 14.8. The molecule has 0 aromatic carbocycles. The van der Waals surface area contributed by atoms with E-state index in [1.54, 1.807) is 0 Å².